The lowest BCUT2D eigenvalue weighted by molar-refractivity contribution is 0.383. The molecular formula is C23H24N2OS. The highest BCUT2D eigenvalue weighted by Gasteiger charge is 2.13. The minimum atomic E-state index is 0.690. The molecule has 0 spiro atoms. The molecule has 0 unspecified atom stereocenters. The molecule has 0 bridgehead atoms. The maximum Gasteiger partial charge on any atom is 0.173 e. The van der Waals surface area contributed by atoms with Crippen molar-refractivity contribution in [1.82, 2.24) is 4.90 Å². The number of anilines is 1. The first-order chi connectivity index (χ1) is 13.3. The Labute approximate surface area is 166 Å². The molecule has 0 saturated carbocycles. The van der Waals surface area contributed by atoms with Crippen molar-refractivity contribution in [3.63, 3.8) is 0 Å². The zero-order chi connectivity index (χ0) is 18.9. The summed E-state index contributed by atoms with van der Waals surface area (Å²) in [6, 6.07) is 28.6. The minimum Gasteiger partial charge on any atom is -0.496 e. The predicted molar refractivity (Wildman–Crippen MR) is 116 cm³/mol. The number of hydrogen-bond donors (Lipinski definition) is 1. The average Bonchev–Trinajstić information content (AvgIpc) is 2.72. The molecule has 1 N–H and O–H groups in total. The van der Waals surface area contributed by atoms with Crippen LogP contribution in [0.2, 0.25) is 0 Å². The lowest BCUT2D eigenvalue weighted by Crippen LogP contribution is -2.36. The molecule has 0 aliphatic heterocycles. The van der Waals surface area contributed by atoms with Crippen molar-refractivity contribution in [1.29, 1.82) is 0 Å². The molecule has 0 saturated heterocycles. The van der Waals surface area contributed by atoms with E-state index in [0.29, 0.717) is 11.7 Å². The maximum atomic E-state index is 5.73. The van der Waals surface area contributed by atoms with Crippen molar-refractivity contribution in [2.24, 2.45) is 0 Å². The fourth-order valence-corrected chi connectivity index (χ4v) is 3.20. The van der Waals surface area contributed by atoms with E-state index in [1.165, 1.54) is 5.56 Å². The first-order valence-electron chi connectivity index (χ1n) is 9.03. The van der Waals surface area contributed by atoms with Crippen LogP contribution in [-0.4, -0.2) is 23.7 Å². The molecule has 0 aromatic heterocycles. The molecule has 3 nitrogen and oxygen atoms in total. The predicted octanol–water partition coefficient (Wildman–Crippen LogP) is 5.14. The smallest absolute Gasteiger partial charge is 0.173 e. The number of thiocarbonyl (C=S) groups is 1. The van der Waals surface area contributed by atoms with Crippen molar-refractivity contribution in [3.05, 3.63) is 96.1 Å². The second-order valence-corrected chi connectivity index (χ2v) is 6.65. The van der Waals surface area contributed by atoms with Gasteiger partial charge in [-0.3, -0.25) is 0 Å². The Morgan fingerprint density at radius 1 is 0.889 bits per heavy atom. The maximum absolute atomic E-state index is 5.73. The van der Waals surface area contributed by atoms with Crippen LogP contribution in [-0.2, 0) is 13.0 Å². The van der Waals surface area contributed by atoms with Gasteiger partial charge in [0.2, 0.25) is 0 Å². The average molecular weight is 377 g/mol. The van der Waals surface area contributed by atoms with Gasteiger partial charge in [-0.15, -0.1) is 0 Å². The summed E-state index contributed by atoms with van der Waals surface area (Å²) in [4.78, 5) is 2.19. The largest absolute Gasteiger partial charge is 0.496 e. The Bertz CT molecular complexity index is 853. The molecule has 3 aromatic carbocycles. The van der Waals surface area contributed by atoms with Crippen LogP contribution >= 0.6 is 12.2 Å². The summed E-state index contributed by atoms with van der Waals surface area (Å²) in [7, 11) is 1.70. The fourth-order valence-electron chi connectivity index (χ4n) is 2.92. The van der Waals surface area contributed by atoms with Gasteiger partial charge in [0.15, 0.2) is 5.11 Å². The number of nitrogens with zero attached hydrogens (tertiary/aromatic N) is 1. The van der Waals surface area contributed by atoms with E-state index in [1.54, 1.807) is 7.11 Å². The monoisotopic (exact) mass is 376 g/mol. The van der Waals surface area contributed by atoms with Gasteiger partial charge in [-0.2, -0.15) is 0 Å². The summed E-state index contributed by atoms with van der Waals surface area (Å²) in [6.45, 7) is 1.51. The van der Waals surface area contributed by atoms with Crippen LogP contribution < -0.4 is 10.1 Å². The molecule has 0 fully saturated rings. The standard InChI is InChI=1S/C23H24N2OS/c1-26-22-15-9-8-12-20(22)18-25(17-16-19-10-4-2-5-11-19)23(27)24-21-13-6-3-7-14-21/h2-15H,16-18H2,1H3,(H,24,27). The van der Waals surface area contributed by atoms with Crippen molar-refractivity contribution in [2.75, 3.05) is 19.0 Å². The number of para-hydroxylation sites is 2. The molecule has 27 heavy (non-hydrogen) atoms. The SMILES string of the molecule is COc1ccccc1CN(CCc1ccccc1)C(=S)Nc1ccccc1. The van der Waals surface area contributed by atoms with Crippen LogP contribution in [0.4, 0.5) is 5.69 Å². The van der Waals surface area contributed by atoms with E-state index in [2.05, 4.69) is 40.5 Å². The summed E-state index contributed by atoms with van der Waals surface area (Å²) in [5, 5.41) is 4.06. The molecule has 3 rings (SSSR count). The second-order valence-electron chi connectivity index (χ2n) is 6.27. The van der Waals surface area contributed by atoms with Crippen molar-refractivity contribution in [3.8, 4) is 5.75 Å². The molecular weight excluding hydrogens is 352 g/mol. The summed E-state index contributed by atoms with van der Waals surface area (Å²) < 4.78 is 5.52. The van der Waals surface area contributed by atoms with Gasteiger partial charge in [-0.1, -0.05) is 66.7 Å². The summed E-state index contributed by atoms with van der Waals surface area (Å²) in [5.74, 6) is 0.879. The van der Waals surface area contributed by atoms with Gasteiger partial charge in [0.25, 0.3) is 0 Å². The number of benzene rings is 3. The summed E-state index contributed by atoms with van der Waals surface area (Å²) in [5.41, 5.74) is 3.41. The molecule has 138 valence electrons. The number of ether oxygens (including phenoxy) is 1. The van der Waals surface area contributed by atoms with E-state index in [0.717, 1.165) is 30.0 Å². The Morgan fingerprint density at radius 3 is 2.22 bits per heavy atom. The molecule has 3 aromatic rings. The van der Waals surface area contributed by atoms with Crippen LogP contribution in [0.15, 0.2) is 84.9 Å². The van der Waals surface area contributed by atoms with Crippen LogP contribution in [0, 0.1) is 0 Å². The number of rotatable bonds is 7. The van der Waals surface area contributed by atoms with Gasteiger partial charge in [0.05, 0.1) is 7.11 Å². The van der Waals surface area contributed by atoms with E-state index >= 15 is 0 Å². The highest BCUT2D eigenvalue weighted by Crippen LogP contribution is 2.20. The van der Waals surface area contributed by atoms with E-state index in [4.69, 9.17) is 17.0 Å². The molecule has 0 heterocycles. The third-order valence-corrected chi connectivity index (χ3v) is 4.74. The van der Waals surface area contributed by atoms with Gasteiger partial charge in [0.1, 0.15) is 5.75 Å². The van der Waals surface area contributed by atoms with Crippen LogP contribution in [0.25, 0.3) is 0 Å². The fraction of sp³-hybridized carbons (Fsp3) is 0.174. The Balaban J connectivity index is 1.75. The van der Waals surface area contributed by atoms with E-state index in [9.17, 15) is 0 Å². The summed E-state index contributed by atoms with van der Waals surface area (Å²) >= 11 is 5.73. The number of nitrogens with one attached hydrogen (secondary N) is 1. The molecule has 0 amide bonds. The lowest BCUT2D eigenvalue weighted by Gasteiger charge is -2.27. The minimum absolute atomic E-state index is 0.690. The highest BCUT2D eigenvalue weighted by atomic mass is 32.1. The molecule has 0 aliphatic rings. The van der Waals surface area contributed by atoms with Crippen molar-refractivity contribution >= 4 is 23.0 Å². The topological polar surface area (TPSA) is 24.5 Å². The number of methoxy groups -OCH3 is 1. The van der Waals surface area contributed by atoms with Gasteiger partial charge in [-0.25, -0.2) is 0 Å². The Hall–Kier alpha value is -2.85. The normalized spacial score (nSPS) is 10.3. The third-order valence-electron chi connectivity index (χ3n) is 4.38. The van der Waals surface area contributed by atoms with Crippen molar-refractivity contribution in [2.45, 2.75) is 13.0 Å². The van der Waals surface area contributed by atoms with Crippen molar-refractivity contribution < 1.29 is 4.74 Å². The van der Waals surface area contributed by atoms with Crippen LogP contribution in [0.3, 0.4) is 0 Å². The van der Waals surface area contributed by atoms with Gasteiger partial charge in [0, 0.05) is 24.3 Å². The Kier molecular flexibility index (Phi) is 6.83. The molecule has 0 radical (unpaired) electrons. The third kappa shape index (κ3) is 5.56. The molecule has 4 heteroatoms. The van der Waals surface area contributed by atoms with E-state index in [1.807, 2.05) is 54.6 Å². The van der Waals surface area contributed by atoms with E-state index in [-0.39, 0.29) is 0 Å². The lowest BCUT2D eigenvalue weighted by atomic mass is 10.1. The van der Waals surface area contributed by atoms with E-state index < -0.39 is 0 Å². The molecule has 0 atom stereocenters. The number of hydrogen-bond acceptors (Lipinski definition) is 2. The summed E-state index contributed by atoms with van der Waals surface area (Å²) in [6.07, 6.45) is 0.923. The zero-order valence-electron chi connectivity index (χ0n) is 15.5. The highest BCUT2D eigenvalue weighted by molar-refractivity contribution is 7.80. The van der Waals surface area contributed by atoms with Gasteiger partial charge >= 0.3 is 0 Å². The first-order valence-corrected chi connectivity index (χ1v) is 9.44. The van der Waals surface area contributed by atoms with Crippen LogP contribution in [0.5, 0.6) is 5.75 Å². The quantitative estimate of drug-likeness (QED) is 0.577. The molecule has 0 aliphatic carbocycles. The Morgan fingerprint density at radius 2 is 1.52 bits per heavy atom. The first kappa shape index (κ1) is 18.9. The van der Waals surface area contributed by atoms with Gasteiger partial charge < -0.3 is 15.0 Å². The second kappa shape index (κ2) is 9.74. The zero-order valence-corrected chi connectivity index (χ0v) is 16.3. The van der Waals surface area contributed by atoms with Crippen LogP contribution in [0.1, 0.15) is 11.1 Å². The van der Waals surface area contributed by atoms with Gasteiger partial charge in [-0.05, 0) is 42.4 Å².